The molecule has 2 heterocycles. The van der Waals surface area contributed by atoms with Crippen molar-refractivity contribution in [3.05, 3.63) is 38.9 Å². The van der Waals surface area contributed by atoms with Gasteiger partial charge < -0.3 is 5.32 Å². The number of hydrogen-bond acceptors (Lipinski definition) is 4. The van der Waals surface area contributed by atoms with Gasteiger partial charge in [0.1, 0.15) is 16.8 Å². The highest BCUT2D eigenvalue weighted by Gasteiger charge is 2.12. The van der Waals surface area contributed by atoms with Crippen molar-refractivity contribution in [2.75, 3.05) is 5.32 Å². The van der Waals surface area contributed by atoms with Crippen molar-refractivity contribution < 1.29 is 0 Å². The van der Waals surface area contributed by atoms with E-state index in [1.165, 1.54) is 5.56 Å². The summed E-state index contributed by atoms with van der Waals surface area (Å²) < 4.78 is 0. The van der Waals surface area contributed by atoms with E-state index in [2.05, 4.69) is 46.0 Å². The first-order valence-electron chi connectivity index (χ1n) is 6.43. The second-order valence-corrected chi connectivity index (χ2v) is 5.72. The smallest absolute Gasteiger partial charge is 0.137 e. The summed E-state index contributed by atoms with van der Waals surface area (Å²) in [5.74, 6) is 1.64. The van der Waals surface area contributed by atoms with E-state index in [1.54, 1.807) is 11.3 Å². The first-order valence-corrected chi connectivity index (χ1v) is 7.75. The van der Waals surface area contributed by atoms with Gasteiger partial charge in [0.05, 0.1) is 6.04 Å². The summed E-state index contributed by atoms with van der Waals surface area (Å²) >= 11 is 7.87. The number of anilines is 1. The van der Waals surface area contributed by atoms with Gasteiger partial charge in [-0.15, -0.1) is 0 Å². The van der Waals surface area contributed by atoms with Gasteiger partial charge in [0.25, 0.3) is 0 Å². The Bertz CT molecular complexity index is 540. The maximum atomic E-state index is 6.17. The predicted octanol–water partition coefficient (Wildman–Crippen LogP) is 4.63. The van der Waals surface area contributed by atoms with Gasteiger partial charge in [-0.3, -0.25) is 0 Å². The third-order valence-corrected chi connectivity index (χ3v) is 4.07. The molecule has 0 spiro atoms. The van der Waals surface area contributed by atoms with E-state index in [0.717, 1.165) is 30.0 Å². The average molecular weight is 296 g/mol. The van der Waals surface area contributed by atoms with Crippen molar-refractivity contribution in [1.29, 1.82) is 0 Å². The van der Waals surface area contributed by atoms with Crippen LogP contribution in [0.4, 0.5) is 5.82 Å². The fraction of sp³-hybridized carbons (Fsp3) is 0.429. The normalized spacial score (nSPS) is 12.4. The molecule has 3 nitrogen and oxygen atoms in total. The van der Waals surface area contributed by atoms with E-state index in [0.29, 0.717) is 5.15 Å². The minimum absolute atomic E-state index is 0.213. The molecule has 19 heavy (non-hydrogen) atoms. The summed E-state index contributed by atoms with van der Waals surface area (Å²) in [6.45, 7) is 6.18. The monoisotopic (exact) mass is 295 g/mol. The third-order valence-electron chi connectivity index (χ3n) is 3.00. The lowest BCUT2D eigenvalue weighted by atomic mass is 10.2. The summed E-state index contributed by atoms with van der Waals surface area (Å²) in [6.07, 6.45) is 1.86. The van der Waals surface area contributed by atoms with Crippen LogP contribution in [0, 0.1) is 6.92 Å². The quantitative estimate of drug-likeness (QED) is 0.818. The van der Waals surface area contributed by atoms with Crippen LogP contribution in [0.3, 0.4) is 0 Å². The standard InChI is InChI=1S/C14H18ClN3S/c1-4-5-12-17-13(15)9(2)14(18-12)16-10(3)11-6-7-19-8-11/h6-8,10H,4-5H2,1-3H3,(H,16,17,18). The molecule has 2 aromatic rings. The molecule has 2 aromatic heterocycles. The number of nitrogens with zero attached hydrogens (tertiary/aromatic N) is 2. The molecule has 0 amide bonds. The Kier molecular flexibility index (Phi) is 4.77. The maximum absolute atomic E-state index is 6.17. The average Bonchev–Trinajstić information content (AvgIpc) is 2.89. The van der Waals surface area contributed by atoms with E-state index in [1.807, 2.05) is 6.92 Å². The zero-order valence-corrected chi connectivity index (χ0v) is 13.0. The predicted molar refractivity (Wildman–Crippen MR) is 82.1 cm³/mol. The van der Waals surface area contributed by atoms with Gasteiger partial charge >= 0.3 is 0 Å². The van der Waals surface area contributed by atoms with Gasteiger partial charge in [0.2, 0.25) is 0 Å². The van der Waals surface area contributed by atoms with Gasteiger partial charge in [-0.05, 0) is 42.7 Å². The molecule has 0 fully saturated rings. The third kappa shape index (κ3) is 3.45. The maximum Gasteiger partial charge on any atom is 0.137 e. The molecule has 5 heteroatoms. The Morgan fingerprint density at radius 1 is 1.42 bits per heavy atom. The molecule has 0 aromatic carbocycles. The van der Waals surface area contributed by atoms with Crippen LogP contribution in [-0.4, -0.2) is 9.97 Å². The van der Waals surface area contributed by atoms with Crippen LogP contribution in [0.5, 0.6) is 0 Å². The van der Waals surface area contributed by atoms with Crippen LogP contribution in [-0.2, 0) is 6.42 Å². The highest BCUT2D eigenvalue weighted by atomic mass is 35.5. The van der Waals surface area contributed by atoms with Crippen LogP contribution in [0.15, 0.2) is 16.8 Å². The molecule has 0 saturated heterocycles. The second kappa shape index (κ2) is 6.35. The highest BCUT2D eigenvalue weighted by Crippen LogP contribution is 2.25. The molecule has 0 bridgehead atoms. The topological polar surface area (TPSA) is 37.8 Å². The van der Waals surface area contributed by atoms with Gasteiger partial charge in [-0.2, -0.15) is 11.3 Å². The molecule has 0 saturated carbocycles. The Hall–Kier alpha value is -1.13. The van der Waals surface area contributed by atoms with Crippen LogP contribution in [0.1, 0.15) is 43.3 Å². The Labute approximate surface area is 123 Å². The van der Waals surface area contributed by atoms with Gasteiger partial charge in [0, 0.05) is 12.0 Å². The van der Waals surface area contributed by atoms with Crippen LogP contribution < -0.4 is 5.32 Å². The van der Waals surface area contributed by atoms with Crippen molar-refractivity contribution in [1.82, 2.24) is 9.97 Å². The lowest BCUT2D eigenvalue weighted by Crippen LogP contribution is -2.11. The van der Waals surface area contributed by atoms with Crippen LogP contribution in [0.25, 0.3) is 0 Å². The second-order valence-electron chi connectivity index (χ2n) is 4.58. The van der Waals surface area contributed by atoms with E-state index in [9.17, 15) is 0 Å². The van der Waals surface area contributed by atoms with Crippen molar-refractivity contribution >= 4 is 28.8 Å². The fourth-order valence-corrected chi connectivity index (χ4v) is 2.76. The van der Waals surface area contributed by atoms with Crippen molar-refractivity contribution in [2.24, 2.45) is 0 Å². The van der Waals surface area contributed by atoms with Gasteiger partial charge in [-0.25, -0.2) is 9.97 Å². The first-order chi connectivity index (χ1) is 9.11. The molecule has 102 valence electrons. The SMILES string of the molecule is CCCc1nc(Cl)c(C)c(NC(C)c2ccsc2)n1. The summed E-state index contributed by atoms with van der Waals surface area (Å²) in [6, 6.07) is 2.33. The lowest BCUT2D eigenvalue weighted by molar-refractivity contribution is 0.815. The fourth-order valence-electron chi connectivity index (χ4n) is 1.82. The highest BCUT2D eigenvalue weighted by molar-refractivity contribution is 7.07. The van der Waals surface area contributed by atoms with E-state index in [-0.39, 0.29) is 6.04 Å². The molecule has 1 N–H and O–H groups in total. The number of nitrogens with one attached hydrogen (secondary N) is 1. The summed E-state index contributed by atoms with van der Waals surface area (Å²) in [5, 5.41) is 8.18. The van der Waals surface area contributed by atoms with E-state index < -0.39 is 0 Å². The first kappa shape index (κ1) is 14.3. The number of aromatic nitrogens is 2. The zero-order valence-electron chi connectivity index (χ0n) is 11.4. The molecule has 0 aliphatic rings. The van der Waals surface area contributed by atoms with Gasteiger partial charge in [0.15, 0.2) is 0 Å². The Morgan fingerprint density at radius 3 is 2.84 bits per heavy atom. The van der Waals surface area contributed by atoms with Crippen molar-refractivity contribution in [3.8, 4) is 0 Å². The number of halogens is 1. The summed E-state index contributed by atoms with van der Waals surface area (Å²) in [5.41, 5.74) is 2.17. The van der Waals surface area contributed by atoms with Crippen LogP contribution >= 0.6 is 22.9 Å². The molecule has 1 unspecified atom stereocenters. The molecular formula is C14H18ClN3S. The number of aryl methyl sites for hydroxylation is 1. The molecular weight excluding hydrogens is 278 g/mol. The number of rotatable bonds is 5. The molecule has 2 rings (SSSR count). The van der Waals surface area contributed by atoms with E-state index in [4.69, 9.17) is 11.6 Å². The molecule has 0 aliphatic carbocycles. The minimum Gasteiger partial charge on any atom is -0.363 e. The van der Waals surface area contributed by atoms with E-state index >= 15 is 0 Å². The minimum atomic E-state index is 0.213. The number of hydrogen-bond donors (Lipinski definition) is 1. The van der Waals surface area contributed by atoms with Crippen LogP contribution in [0.2, 0.25) is 5.15 Å². The zero-order chi connectivity index (χ0) is 13.8. The summed E-state index contributed by atoms with van der Waals surface area (Å²) in [4.78, 5) is 8.88. The Morgan fingerprint density at radius 2 is 2.21 bits per heavy atom. The van der Waals surface area contributed by atoms with Gasteiger partial charge in [-0.1, -0.05) is 18.5 Å². The largest absolute Gasteiger partial charge is 0.363 e. The van der Waals surface area contributed by atoms with Crippen molar-refractivity contribution in [3.63, 3.8) is 0 Å². The lowest BCUT2D eigenvalue weighted by Gasteiger charge is -2.16. The number of thiophene rings is 1. The summed E-state index contributed by atoms with van der Waals surface area (Å²) in [7, 11) is 0. The molecule has 0 aliphatic heterocycles. The molecule has 0 radical (unpaired) electrons. The van der Waals surface area contributed by atoms with Crippen molar-refractivity contribution in [2.45, 2.75) is 39.7 Å². The Balaban J connectivity index is 2.23. The molecule has 1 atom stereocenters.